The number of ether oxygens (including phenoxy) is 1. The number of hydrogen-bond donors (Lipinski definition) is 0. The number of aromatic nitrogens is 2. The van der Waals surface area contributed by atoms with Gasteiger partial charge in [0.2, 0.25) is 0 Å². The highest BCUT2D eigenvalue weighted by Gasteiger charge is 1.99. The zero-order valence-corrected chi connectivity index (χ0v) is 4.87. The van der Waals surface area contributed by atoms with Gasteiger partial charge in [0.25, 0.3) is 0 Å². The number of carbonyl (C=O) groups excluding carboxylic acids is 1. The van der Waals surface area contributed by atoms with Gasteiger partial charge in [-0.1, -0.05) is 0 Å². The summed E-state index contributed by atoms with van der Waals surface area (Å²) in [5.41, 5.74) is 0. The van der Waals surface area contributed by atoms with Crippen LogP contribution in [0.2, 0.25) is 0 Å². The molecule has 1 aromatic rings. The van der Waals surface area contributed by atoms with Crippen molar-refractivity contribution in [3.8, 4) is 0 Å². The Morgan fingerprint density at radius 2 is 2.67 bits per heavy atom. The summed E-state index contributed by atoms with van der Waals surface area (Å²) in [7, 11) is 1.30. The van der Waals surface area contributed by atoms with Gasteiger partial charge >= 0.3 is 6.09 Å². The molecule has 0 fully saturated rings. The lowest BCUT2D eigenvalue weighted by Crippen LogP contribution is -2.10. The molecule has 0 spiro atoms. The van der Waals surface area contributed by atoms with E-state index in [0.717, 1.165) is 4.68 Å². The zero-order valence-electron chi connectivity index (χ0n) is 4.87. The number of carbonyl (C=O) groups is 1. The van der Waals surface area contributed by atoms with Crippen molar-refractivity contribution in [1.82, 2.24) is 9.78 Å². The first kappa shape index (κ1) is 5.81. The molecule has 0 N–H and O–H groups in total. The van der Waals surface area contributed by atoms with Gasteiger partial charge in [-0.25, -0.2) is 4.79 Å². The summed E-state index contributed by atoms with van der Waals surface area (Å²) in [5.74, 6) is 0. The fraction of sp³-hybridized carbons (Fsp3) is 0.200. The maximum Gasteiger partial charge on any atom is 0.434 e. The monoisotopic (exact) mass is 125 g/mol. The molecule has 0 bridgehead atoms. The lowest BCUT2D eigenvalue weighted by Gasteiger charge is -1.93. The highest BCUT2D eigenvalue weighted by molar-refractivity contribution is 5.68. The highest BCUT2D eigenvalue weighted by Crippen LogP contribution is 1.83. The highest BCUT2D eigenvalue weighted by atomic mass is 16.5. The molecule has 0 aliphatic rings. The predicted molar refractivity (Wildman–Crippen MR) is 28.9 cm³/mol. The summed E-state index contributed by atoms with van der Waals surface area (Å²) in [6.07, 6.45) is 2.28. The molecule has 0 unspecified atom stereocenters. The van der Waals surface area contributed by atoms with E-state index in [1.165, 1.54) is 19.5 Å². The lowest BCUT2D eigenvalue weighted by atomic mass is 10.8. The van der Waals surface area contributed by atoms with E-state index in [2.05, 4.69) is 15.9 Å². The fourth-order valence-electron chi connectivity index (χ4n) is 0.426. The topological polar surface area (TPSA) is 44.1 Å². The second-order valence-electron chi connectivity index (χ2n) is 1.35. The van der Waals surface area contributed by atoms with Crippen LogP contribution in [-0.4, -0.2) is 23.0 Å². The summed E-state index contributed by atoms with van der Waals surface area (Å²) in [6, 6.07) is 2.60. The first-order valence-electron chi connectivity index (χ1n) is 2.33. The van der Waals surface area contributed by atoms with Gasteiger partial charge in [-0.05, 0) is 0 Å². The minimum absolute atomic E-state index is 0.503. The Morgan fingerprint density at radius 1 is 1.89 bits per heavy atom. The largest absolute Gasteiger partial charge is 0.451 e. The van der Waals surface area contributed by atoms with Crippen LogP contribution in [0.15, 0.2) is 12.4 Å². The van der Waals surface area contributed by atoms with Crippen molar-refractivity contribution in [2.24, 2.45) is 0 Å². The minimum Gasteiger partial charge on any atom is -0.451 e. The van der Waals surface area contributed by atoms with Crippen molar-refractivity contribution in [3.05, 3.63) is 18.5 Å². The van der Waals surface area contributed by atoms with Crippen LogP contribution in [0, 0.1) is 6.07 Å². The number of methoxy groups -OCH3 is 1. The van der Waals surface area contributed by atoms with E-state index >= 15 is 0 Å². The second-order valence-corrected chi connectivity index (χ2v) is 1.35. The van der Waals surface area contributed by atoms with Gasteiger partial charge in [0.15, 0.2) is 0 Å². The van der Waals surface area contributed by atoms with Crippen molar-refractivity contribution in [2.75, 3.05) is 7.11 Å². The second kappa shape index (κ2) is 2.30. The first-order chi connectivity index (χ1) is 4.34. The maximum atomic E-state index is 10.5. The van der Waals surface area contributed by atoms with Crippen molar-refractivity contribution >= 4 is 6.09 Å². The van der Waals surface area contributed by atoms with Gasteiger partial charge in [-0.15, -0.1) is 0 Å². The average molecular weight is 125 g/mol. The Morgan fingerprint density at radius 3 is 3.11 bits per heavy atom. The predicted octanol–water partition coefficient (Wildman–Crippen LogP) is 0.298. The van der Waals surface area contributed by atoms with E-state index in [1.54, 1.807) is 0 Å². The van der Waals surface area contributed by atoms with Crippen molar-refractivity contribution < 1.29 is 9.53 Å². The number of nitrogens with zero attached hydrogens (tertiary/aromatic N) is 2. The third-order valence-electron chi connectivity index (χ3n) is 0.815. The molecule has 0 saturated heterocycles. The molecular weight excluding hydrogens is 120 g/mol. The van der Waals surface area contributed by atoms with Crippen LogP contribution in [0.25, 0.3) is 0 Å². The van der Waals surface area contributed by atoms with Gasteiger partial charge in [0.1, 0.15) is 0 Å². The summed E-state index contributed by atoms with van der Waals surface area (Å²) >= 11 is 0. The van der Waals surface area contributed by atoms with E-state index in [9.17, 15) is 4.79 Å². The molecule has 1 radical (unpaired) electrons. The normalized spacial score (nSPS) is 9.00. The minimum atomic E-state index is -0.503. The average Bonchev–Trinajstić information content (AvgIpc) is 2.37. The molecule has 1 heterocycles. The number of rotatable bonds is 0. The van der Waals surface area contributed by atoms with Crippen molar-refractivity contribution in [1.29, 1.82) is 0 Å². The molecule has 0 aliphatic heterocycles. The smallest absolute Gasteiger partial charge is 0.434 e. The van der Waals surface area contributed by atoms with Crippen LogP contribution in [0.5, 0.6) is 0 Å². The summed E-state index contributed by atoms with van der Waals surface area (Å²) < 4.78 is 5.39. The summed E-state index contributed by atoms with van der Waals surface area (Å²) in [5, 5.41) is 3.57. The molecule has 1 aromatic heterocycles. The van der Waals surface area contributed by atoms with E-state index < -0.39 is 6.09 Å². The zero-order chi connectivity index (χ0) is 6.69. The van der Waals surface area contributed by atoms with E-state index in [1.807, 2.05) is 0 Å². The third-order valence-corrected chi connectivity index (χ3v) is 0.815. The Labute approximate surface area is 52.0 Å². The van der Waals surface area contributed by atoms with Crippen LogP contribution in [0.4, 0.5) is 4.79 Å². The molecule has 4 nitrogen and oxygen atoms in total. The van der Waals surface area contributed by atoms with Crippen LogP contribution in [0.3, 0.4) is 0 Å². The molecular formula is C5H5N2O2. The molecule has 0 saturated carbocycles. The Hall–Kier alpha value is -1.32. The van der Waals surface area contributed by atoms with E-state index in [0.29, 0.717) is 0 Å². The summed E-state index contributed by atoms with van der Waals surface area (Å²) in [6.45, 7) is 0. The molecule has 47 valence electrons. The van der Waals surface area contributed by atoms with Gasteiger partial charge in [-0.3, -0.25) is 0 Å². The summed E-state index contributed by atoms with van der Waals surface area (Å²) in [4.78, 5) is 10.5. The molecule has 4 heteroatoms. The molecule has 0 aromatic carbocycles. The maximum absolute atomic E-state index is 10.5. The third kappa shape index (κ3) is 1.07. The van der Waals surface area contributed by atoms with Crippen molar-refractivity contribution in [2.45, 2.75) is 0 Å². The SMILES string of the molecule is COC(=O)n1c[c]cn1. The van der Waals surface area contributed by atoms with Crippen LogP contribution in [0.1, 0.15) is 0 Å². The Kier molecular flexibility index (Phi) is 1.48. The standard InChI is InChI=1S/C5H5N2O2/c1-9-5(8)7-4-2-3-6-7/h3-4H,1H3. The van der Waals surface area contributed by atoms with Gasteiger partial charge in [-0.2, -0.15) is 9.78 Å². The fourth-order valence-corrected chi connectivity index (χ4v) is 0.426. The molecule has 0 aliphatic carbocycles. The first-order valence-corrected chi connectivity index (χ1v) is 2.33. The van der Waals surface area contributed by atoms with Gasteiger partial charge in [0.05, 0.1) is 13.3 Å². The van der Waals surface area contributed by atoms with Crippen molar-refractivity contribution in [3.63, 3.8) is 0 Å². The molecule has 1 rings (SSSR count). The molecule has 9 heavy (non-hydrogen) atoms. The van der Waals surface area contributed by atoms with Gasteiger partial charge < -0.3 is 4.74 Å². The molecule has 0 amide bonds. The molecule has 0 atom stereocenters. The van der Waals surface area contributed by atoms with Crippen LogP contribution >= 0.6 is 0 Å². The Bertz CT molecular complexity index is 193. The van der Waals surface area contributed by atoms with Gasteiger partial charge in [0, 0.05) is 12.3 Å². The van der Waals surface area contributed by atoms with E-state index in [4.69, 9.17) is 0 Å². The van der Waals surface area contributed by atoms with Crippen LogP contribution in [-0.2, 0) is 4.74 Å². The Balaban J connectivity index is 2.77. The van der Waals surface area contributed by atoms with Crippen LogP contribution < -0.4 is 0 Å². The quantitative estimate of drug-likeness (QED) is 0.500. The van der Waals surface area contributed by atoms with E-state index in [-0.39, 0.29) is 0 Å². The lowest BCUT2D eigenvalue weighted by molar-refractivity contribution is 0.169. The number of hydrogen-bond acceptors (Lipinski definition) is 3.